The van der Waals surface area contributed by atoms with Crippen molar-refractivity contribution in [2.24, 2.45) is 5.92 Å². The van der Waals surface area contributed by atoms with Crippen LogP contribution in [0.3, 0.4) is 0 Å². The predicted octanol–water partition coefficient (Wildman–Crippen LogP) is 13.4. The summed E-state index contributed by atoms with van der Waals surface area (Å²) >= 11 is 1.90. The van der Waals surface area contributed by atoms with Gasteiger partial charge in [-0.15, -0.1) is 11.3 Å². The molecule has 0 amide bonds. The van der Waals surface area contributed by atoms with Crippen LogP contribution in [0.25, 0.3) is 69.4 Å². The molecule has 0 saturated heterocycles. The minimum absolute atomic E-state index is 0.139. The Morgan fingerprint density at radius 1 is 0.604 bits per heavy atom. The lowest BCUT2D eigenvalue weighted by Crippen LogP contribution is -2.18. The summed E-state index contributed by atoms with van der Waals surface area (Å²) in [6.07, 6.45) is 5.50. The van der Waals surface area contributed by atoms with Gasteiger partial charge in [0, 0.05) is 37.0 Å². The monoisotopic (exact) mass is 634 g/mol. The minimum Gasteiger partial charge on any atom is -0.460 e. The van der Waals surface area contributed by atoms with E-state index in [1.165, 1.54) is 80.5 Å². The zero-order chi connectivity index (χ0) is 31.8. The molecule has 1 aliphatic carbocycles. The second-order valence-electron chi connectivity index (χ2n) is 13.3. The van der Waals surface area contributed by atoms with E-state index in [9.17, 15) is 0 Å². The summed E-state index contributed by atoms with van der Waals surface area (Å²) in [7, 11) is 0. The predicted molar refractivity (Wildman–Crippen MR) is 206 cm³/mol. The number of rotatable bonds is 4. The van der Waals surface area contributed by atoms with Crippen LogP contribution in [0.4, 0.5) is 0 Å². The van der Waals surface area contributed by atoms with Crippen molar-refractivity contribution in [3.8, 4) is 11.1 Å². The van der Waals surface area contributed by atoms with E-state index in [1.807, 2.05) is 11.3 Å². The second kappa shape index (κ2) is 10.9. The molecule has 2 atom stereocenters. The van der Waals surface area contributed by atoms with Crippen LogP contribution in [-0.2, 0) is 6.42 Å². The maximum absolute atomic E-state index is 7.08. The fourth-order valence-electron chi connectivity index (χ4n) is 8.70. The smallest absolute Gasteiger partial charge is 0.135 e. The lowest BCUT2D eigenvalue weighted by atomic mass is 9.73. The highest BCUT2D eigenvalue weighted by atomic mass is 32.1. The molecule has 2 heteroatoms. The first kappa shape index (κ1) is 27.9. The highest BCUT2D eigenvalue weighted by molar-refractivity contribution is 7.26. The molecule has 0 spiro atoms. The van der Waals surface area contributed by atoms with Gasteiger partial charge in [0.15, 0.2) is 0 Å². The van der Waals surface area contributed by atoms with E-state index in [-0.39, 0.29) is 5.92 Å². The SMILES string of the molecule is CCC1/C(c2ccccc2)=C\CCc2c(oc3cc(-c4ccc5c(c4)c4cccc6sc7cccc5c7c64)ccc23)C1c1ccccc1. The number of aryl methyl sites for hydroxylation is 1. The van der Waals surface area contributed by atoms with E-state index < -0.39 is 0 Å². The third-order valence-corrected chi connectivity index (χ3v) is 11.9. The van der Waals surface area contributed by atoms with Crippen molar-refractivity contribution in [2.45, 2.75) is 32.1 Å². The summed E-state index contributed by atoms with van der Waals surface area (Å²) in [6.45, 7) is 2.33. The van der Waals surface area contributed by atoms with Gasteiger partial charge in [-0.3, -0.25) is 0 Å². The van der Waals surface area contributed by atoms with E-state index >= 15 is 0 Å². The van der Waals surface area contributed by atoms with Crippen molar-refractivity contribution in [3.05, 3.63) is 162 Å². The number of benzene rings is 7. The zero-order valence-corrected chi connectivity index (χ0v) is 27.7. The molecule has 0 radical (unpaired) electrons. The average molecular weight is 635 g/mol. The number of furan rings is 1. The fraction of sp³-hybridized carbons (Fsp3) is 0.130. The molecule has 1 nitrogen and oxygen atoms in total. The molecule has 0 fully saturated rings. The van der Waals surface area contributed by atoms with Crippen LogP contribution in [0.15, 0.2) is 144 Å². The van der Waals surface area contributed by atoms with Crippen molar-refractivity contribution >= 4 is 69.6 Å². The van der Waals surface area contributed by atoms with Gasteiger partial charge in [-0.05, 0) is 98.8 Å². The van der Waals surface area contributed by atoms with Crippen LogP contribution < -0.4 is 0 Å². The van der Waals surface area contributed by atoms with Crippen LogP contribution in [0.5, 0.6) is 0 Å². The van der Waals surface area contributed by atoms with Crippen molar-refractivity contribution in [2.75, 3.05) is 0 Å². The number of allylic oxidation sites excluding steroid dienone is 2. The Kier molecular flexibility index (Phi) is 6.35. The molecule has 0 N–H and O–H groups in total. The Bertz CT molecular complexity index is 2660. The Morgan fingerprint density at radius 3 is 2.00 bits per heavy atom. The van der Waals surface area contributed by atoms with Gasteiger partial charge in [-0.2, -0.15) is 0 Å². The largest absolute Gasteiger partial charge is 0.460 e. The van der Waals surface area contributed by atoms with E-state index in [0.29, 0.717) is 5.92 Å². The van der Waals surface area contributed by atoms with Gasteiger partial charge in [-0.1, -0.05) is 122 Å². The van der Waals surface area contributed by atoms with Gasteiger partial charge in [0.25, 0.3) is 0 Å². The molecule has 9 aromatic rings. The Hall–Kier alpha value is -5.18. The lowest BCUT2D eigenvalue weighted by Gasteiger charge is -2.30. The molecule has 48 heavy (non-hydrogen) atoms. The molecule has 1 aliphatic rings. The zero-order valence-electron chi connectivity index (χ0n) is 26.9. The number of hydrogen-bond acceptors (Lipinski definition) is 2. The van der Waals surface area contributed by atoms with Crippen LogP contribution in [-0.4, -0.2) is 0 Å². The number of thiophene rings is 1. The maximum atomic E-state index is 7.08. The molecule has 0 bridgehead atoms. The Balaban J connectivity index is 1.14. The molecule has 10 rings (SSSR count). The molecule has 0 aliphatic heterocycles. The topological polar surface area (TPSA) is 13.1 Å². The van der Waals surface area contributed by atoms with Crippen molar-refractivity contribution in [1.82, 2.24) is 0 Å². The standard InChI is InChI=1S/C46H34OS/c1-2-32-33(28-12-5-3-6-13-28)16-9-19-38-35-25-23-31(27-40(35)47-46(38)43(32)29-14-7-4-8-15-29)30-22-24-34-36-17-10-20-41-44(36)45-37(39(34)26-30)18-11-21-42(45)48-41/h3-8,10-18,20-27,32,43H,2,9,19H2,1H3/b33-16-. The van der Waals surface area contributed by atoms with Crippen molar-refractivity contribution < 1.29 is 4.42 Å². The highest BCUT2D eigenvalue weighted by Gasteiger charge is 2.34. The van der Waals surface area contributed by atoms with Gasteiger partial charge >= 0.3 is 0 Å². The van der Waals surface area contributed by atoms with Crippen LogP contribution in [0, 0.1) is 5.92 Å². The third-order valence-electron chi connectivity index (χ3n) is 10.8. The quantitative estimate of drug-likeness (QED) is 0.176. The van der Waals surface area contributed by atoms with Gasteiger partial charge in [-0.25, -0.2) is 0 Å². The van der Waals surface area contributed by atoms with Gasteiger partial charge in [0.2, 0.25) is 0 Å². The van der Waals surface area contributed by atoms with Crippen molar-refractivity contribution in [3.63, 3.8) is 0 Å². The summed E-state index contributed by atoms with van der Waals surface area (Å²) < 4.78 is 9.81. The summed E-state index contributed by atoms with van der Waals surface area (Å²) in [6, 6.07) is 49.5. The van der Waals surface area contributed by atoms with Gasteiger partial charge < -0.3 is 4.42 Å². The van der Waals surface area contributed by atoms with E-state index in [2.05, 4.69) is 146 Å². The molecule has 2 aromatic heterocycles. The lowest BCUT2D eigenvalue weighted by molar-refractivity contribution is 0.448. The first-order chi connectivity index (χ1) is 23.8. The average Bonchev–Trinajstić information content (AvgIpc) is 3.70. The van der Waals surface area contributed by atoms with Crippen LogP contribution in [0.1, 0.15) is 48.1 Å². The highest BCUT2D eigenvalue weighted by Crippen LogP contribution is 2.49. The molecular formula is C46H34OS. The van der Waals surface area contributed by atoms with Crippen LogP contribution in [0.2, 0.25) is 0 Å². The van der Waals surface area contributed by atoms with Crippen LogP contribution >= 0.6 is 11.3 Å². The van der Waals surface area contributed by atoms with E-state index in [4.69, 9.17) is 4.42 Å². The van der Waals surface area contributed by atoms with Crippen molar-refractivity contribution in [1.29, 1.82) is 0 Å². The molecule has 2 unspecified atom stereocenters. The van der Waals surface area contributed by atoms with Gasteiger partial charge in [0.05, 0.1) is 0 Å². The second-order valence-corrected chi connectivity index (χ2v) is 14.4. The Morgan fingerprint density at radius 2 is 1.27 bits per heavy atom. The molecular weight excluding hydrogens is 601 g/mol. The number of hydrogen-bond donors (Lipinski definition) is 0. The number of fused-ring (bicyclic) bond motifs is 6. The maximum Gasteiger partial charge on any atom is 0.135 e. The normalized spacial score (nSPS) is 18.0. The van der Waals surface area contributed by atoms with Gasteiger partial charge in [0.1, 0.15) is 11.3 Å². The molecule has 230 valence electrons. The fourth-order valence-corrected chi connectivity index (χ4v) is 9.86. The minimum atomic E-state index is 0.139. The molecule has 7 aromatic carbocycles. The summed E-state index contributed by atoms with van der Waals surface area (Å²) in [5.41, 5.74) is 8.85. The molecule has 0 saturated carbocycles. The molecule has 2 heterocycles. The van der Waals surface area contributed by atoms with E-state index in [0.717, 1.165) is 30.6 Å². The first-order valence-electron chi connectivity index (χ1n) is 17.2. The Labute approximate surface area is 284 Å². The first-order valence-corrected chi connectivity index (χ1v) is 18.0. The third kappa shape index (κ3) is 4.15. The van der Waals surface area contributed by atoms with E-state index in [1.54, 1.807) is 0 Å². The summed E-state index contributed by atoms with van der Waals surface area (Å²) in [5.74, 6) is 1.58. The summed E-state index contributed by atoms with van der Waals surface area (Å²) in [5, 5.41) is 9.39. The summed E-state index contributed by atoms with van der Waals surface area (Å²) in [4.78, 5) is 0.